The number of nitrogens with one attached hydrogen (secondary N) is 1. The van der Waals surface area contributed by atoms with Gasteiger partial charge in [-0.25, -0.2) is 9.67 Å². The molecule has 1 aliphatic rings. The Kier molecular flexibility index (Phi) is 5.13. The van der Waals surface area contributed by atoms with Gasteiger partial charge in [0.15, 0.2) is 5.65 Å². The molecule has 9 heteroatoms. The van der Waals surface area contributed by atoms with Crippen molar-refractivity contribution >= 4 is 28.3 Å². The molecule has 0 unspecified atom stereocenters. The SMILES string of the molecule is CC(C)n1ncc2cc(C(=O)Nc3cc(C(F)(F)F)ccc3N3CCCC3)cnc21. The summed E-state index contributed by atoms with van der Waals surface area (Å²) in [6.07, 6.45) is 0.485. The summed E-state index contributed by atoms with van der Waals surface area (Å²) in [5.74, 6) is -0.513. The summed E-state index contributed by atoms with van der Waals surface area (Å²) in [5.41, 5.74) is 0.853. The van der Waals surface area contributed by atoms with Gasteiger partial charge in [-0.2, -0.15) is 18.3 Å². The molecule has 0 saturated carbocycles. The topological polar surface area (TPSA) is 63.1 Å². The number of hydrogen-bond donors (Lipinski definition) is 1. The first-order valence-electron chi connectivity index (χ1n) is 9.85. The van der Waals surface area contributed by atoms with Crippen LogP contribution >= 0.6 is 0 Å². The average Bonchev–Trinajstić information content (AvgIpc) is 3.36. The summed E-state index contributed by atoms with van der Waals surface area (Å²) in [7, 11) is 0. The number of alkyl halides is 3. The first-order chi connectivity index (χ1) is 14.2. The number of rotatable bonds is 4. The van der Waals surface area contributed by atoms with Crippen LogP contribution in [0.4, 0.5) is 24.5 Å². The highest BCUT2D eigenvalue weighted by Gasteiger charge is 2.32. The molecular weight excluding hydrogens is 395 g/mol. The maximum Gasteiger partial charge on any atom is 0.416 e. The van der Waals surface area contributed by atoms with E-state index in [1.165, 1.54) is 12.3 Å². The van der Waals surface area contributed by atoms with Gasteiger partial charge < -0.3 is 10.2 Å². The van der Waals surface area contributed by atoms with Crippen LogP contribution in [0.3, 0.4) is 0 Å². The fourth-order valence-electron chi connectivity index (χ4n) is 3.68. The smallest absolute Gasteiger partial charge is 0.370 e. The van der Waals surface area contributed by atoms with E-state index in [4.69, 9.17) is 0 Å². The molecule has 158 valence electrons. The van der Waals surface area contributed by atoms with Crippen molar-refractivity contribution in [2.45, 2.75) is 38.9 Å². The maximum atomic E-state index is 13.2. The fraction of sp³-hybridized carbons (Fsp3) is 0.381. The van der Waals surface area contributed by atoms with Crippen molar-refractivity contribution in [2.24, 2.45) is 0 Å². The van der Waals surface area contributed by atoms with Crippen LogP contribution in [0.2, 0.25) is 0 Å². The van der Waals surface area contributed by atoms with E-state index in [9.17, 15) is 18.0 Å². The molecular formula is C21H22F3N5O. The van der Waals surface area contributed by atoms with Gasteiger partial charge in [-0.15, -0.1) is 0 Å². The van der Waals surface area contributed by atoms with Crippen LogP contribution in [0.5, 0.6) is 0 Å². The van der Waals surface area contributed by atoms with Crippen molar-refractivity contribution in [1.29, 1.82) is 0 Å². The number of halogens is 3. The fourth-order valence-corrected chi connectivity index (χ4v) is 3.68. The molecule has 1 fully saturated rings. The van der Waals surface area contributed by atoms with Gasteiger partial charge in [0.25, 0.3) is 5.91 Å². The van der Waals surface area contributed by atoms with E-state index in [2.05, 4.69) is 15.4 Å². The van der Waals surface area contributed by atoms with Gasteiger partial charge in [-0.3, -0.25) is 4.79 Å². The van der Waals surface area contributed by atoms with Crippen molar-refractivity contribution in [1.82, 2.24) is 14.8 Å². The standard InChI is InChI=1S/C21H22F3N5O/c1-13(2)29-19-14(12-26-29)9-15(11-25-19)20(30)27-17-10-16(21(22,23)24)5-6-18(17)28-7-3-4-8-28/h5-6,9-13H,3-4,7-8H2,1-2H3,(H,27,30). The van der Waals surface area contributed by atoms with Crippen molar-refractivity contribution in [3.8, 4) is 0 Å². The molecule has 0 atom stereocenters. The number of anilines is 2. The van der Waals surface area contributed by atoms with Crippen molar-refractivity contribution in [3.05, 3.63) is 47.8 Å². The number of carbonyl (C=O) groups is 1. The Morgan fingerprint density at radius 2 is 1.87 bits per heavy atom. The lowest BCUT2D eigenvalue weighted by molar-refractivity contribution is -0.137. The minimum absolute atomic E-state index is 0.114. The first-order valence-corrected chi connectivity index (χ1v) is 9.85. The van der Waals surface area contributed by atoms with Crippen LogP contribution < -0.4 is 10.2 Å². The number of benzene rings is 1. The second-order valence-electron chi connectivity index (χ2n) is 7.70. The summed E-state index contributed by atoms with van der Waals surface area (Å²) in [4.78, 5) is 19.2. The number of amides is 1. The zero-order valence-electron chi connectivity index (χ0n) is 16.7. The summed E-state index contributed by atoms with van der Waals surface area (Å²) >= 11 is 0. The molecule has 4 rings (SSSR count). The van der Waals surface area contributed by atoms with Crippen molar-refractivity contribution in [2.75, 3.05) is 23.3 Å². The number of aromatic nitrogens is 3. The lowest BCUT2D eigenvalue weighted by atomic mass is 10.1. The molecule has 3 aromatic rings. The van der Waals surface area contributed by atoms with Gasteiger partial charge >= 0.3 is 6.18 Å². The van der Waals surface area contributed by atoms with E-state index < -0.39 is 17.6 Å². The third-order valence-electron chi connectivity index (χ3n) is 5.20. The highest BCUT2D eigenvalue weighted by atomic mass is 19.4. The molecule has 1 N–H and O–H groups in total. The molecule has 1 aromatic carbocycles. The molecule has 0 aliphatic carbocycles. The second-order valence-corrected chi connectivity index (χ2v) is 7.70. The number of carbonyl (C=O) groups excluding carboxylic acids is 1. The van der Waals surface area contributed by atoms with E-state index in [1.807, 2.05) is 18.7 Å². The van der Waals surface area contributed by atoms with E-state index in [1.54, 1.807) is 16.9 Å². The number of hydrogen-bond acceptors (Lipinski definition) is 4. The van der Waals surface area contributed by atoms with Gasteiger partial charge in [0.05, 0.1) is 28.7 Å². The third-order valence-corrected chi connectivity index (χ3v) is 5.20. The zero-order valence-corrected chi connectivity index (χ0v) is 16.7. The minimum Gasteiger partial charge on any atom is -0.370 e. The second kappa shape index (κ2) is 7.62. The minimum atomic E-state index is -4.49. The lowest BCUT2D eigenvalue weighted by Gasteiger charge is -2.23. The molecule has 6 nitrogen and oxygen atoms in total. The molecule has 30 heavy (non-hydrogen) atoms. The average molecular weight is 417 g/mol. The largest absolute Gasteiger partial charge is 0.416 e. The molecule has 1 aliphatic heterocycles. The Balaban J connectivity index is 1.67. The van der Waals surface area contributed by atoms with Crippen LogP contribution in [0.25, 0.3) is 11.0 Å². The zero-order chi connectivity index (χ0) is 21.5. The van der Waals surface area contributed by atoms with Gasteiger partial charge in [0.1, 0.15) is 0 Å². The summed E-state index contributed by atoms with van der Waals surface area (Å²) in [6.45, 7) is 5.44. The van der Waals surface area contributed by atoms with Gasteiger partial charge in [-0.05, 0) is 51.0 Å². The van der Waals surface area contributed by atoms with E-state index in [0.717, 1.165) is 38.1 Å². The maximum absolute atomic E-state index is 13.2. The van der Waals surface area contributed by atoms with Crippen LogP contribution in [0.1, 0.15) is 48.7 Å². The quantitative estimate of drug-likeness (QED) is 0.657. The lowest BCUT2D eigenvalue weighted by Crippen LogP contribution is -2.22. The normalized spacial score (nSPS) is 14.7. The van der Waals surface area contributed by atoms with E-state index in [0.29, 0.717) is 16.7 Å². The number of pyridine rings is 1. The van der Waals surface area contributed by atoms with Gasteiger partial charge in [0, 0.05) is 30.7 Å². The van der Waals surface area contributed by atoms with Crippen LogP contribution in [-0.4, -0.2) is 33.8 Å². The Labute approximate surface area is 171 Å². The molecule has 1 saturated heterocycles. The van der Waals surface area contributed by atoms with Gasteiger partial charge in [0.2, 0.25) is 0 Å². The Bertz CT molecular complexity index is 1080. The predicted octanol–water partition coefficient (Wildman–Crippen LogP) is 4.88. The number of nitrogens with zero attached hydrogens (tertiary/aromatic N) is 4. The highest BCUT2D eigenvalue weighted by Crippen LogP contribution is 2.36. The molecule has 0 bridgehead atoms. The highest BCUT2D eigenvalue weighted by molar-refractivity contribution is 6.07. The van der Waals surface area contributed by atoms with Crippen molar-refractivity contribution in [3.63, 3.8) is 0 Å². The van der Waals surface area contributed by atoms with Crippen LogP contribution in [0, 0.1) is 0 Å². The Hall–Kier alpha value is -3.10. The third kappa shape index (κ3) is 3.83. The van der Waals surface area contributed by atoms with E-state index in [-0.39, 0.29) is 17.3 Å². The Morgan fingerprint density at radius 1 is 1.13 bits per heavy atom. The first kappa shape index (κ1) is 20.2. The predicted molar refractivity (Wildman–Crippen MR) is 109 cm³/mol. The number of fused-ring (bicyclic) bond motifs is 1. The van der Waals surface area contributed by atoms with Crippen LogP contribution in [0.15, 0.2) is 36.7 Å². The summed E-state index contributed by atoms with van der Waals surface area (Å²) in [6, 6.07) is 5.23. The molecule has 1 amide bonds. The summed E-state index contributed by atoms with van der Waals surface area (Å²) in [5, 5.41) is 7.63. The van der Waals surface area contributed by atoms with Crippen LogP contribution in [-0.2, 0) is 6.18 Å². The van der Waals surface area contributed by atoms with Crippen molar-refractivity contribution < 1.29 is 18.0 Å². The molecule has 0 radical (unpaired) electrons. The van der Waals surface area contributed by atoms with Gasteiger partial charge in [-0.1, -0.05) is 0 Å². The molecule has 3 heterocycles. The Morgan fingerprint density at radius 3 is 2.53 bits per heavy atom. The molecule has 2 aromatic heterocycles. The summed E-state index contributed by atoms with van der Waals surface area (Å²) < 4.78 is 41.4. The van der Waals surface area contributed by atoms with E-state index >= 15 is 0 Å². The molecule has 0 spiro atoms. The monoisotopic (exact) mass is 417 g/mol.